The molecule has 3 heterocycles. The molecular formula is C12H14N4O4S2. The van der Waals surface area contributed by atoms with Gasteiger partial charge in [-0.1, -0.05) is 11.2 Å². The maximum atomic E-state index is 11.7. The highest BCUT2D eigenvalue weighted by Crippen LogP contribution is 2.22. The zero-order chi connectivity index (χ0) is 15.6. The van der Waals surface area contributed by atoms with E-state index in [1.807, 2.05) is 17.5 Å². The Morgan fingerprint density at radius 2 is 2.36 bits per heavy atom. The Hall–Kier alpha value is -1.94. The topological polar surface area (TPSA) is 114 Å². The highest BCUT2D eigenvalue weighted by molar-refractivity contribution is 7.91. The molecular weight excluding hydrogens is 328 g/mol. The molecule has 8 nitrogen and oxygen atoms in total. The van der Waals surface area contributed by atoms with Gasteiger partial charge in [-0.15, -0.1) is 11.3 Å². The Kier molecular flexibility index (Phi) is 4.12. The summed E-state index contributed by atoms with van der Waals surface area (Å²) in [7, 11) is -3.01. The number of aromatic nitrogens is 2. The second kappa shape index (κ2) is 6.05. The fraction of sp³-hybridized carbons (Fsp3) is 0.417. The van der Waals surface area contributed by atoms with E-state index in [-0.39, 0.29) is 24.1 Å². The lowest BCUT2D eigenvalue weighted by atomic mass is 10.3. The van der Waals surface area contributed by atoms with Gasteiger partial charge in [0.05, 0.1) is 22.9 Å². The molecule has 1 unspecified atom stereocenters. The maximum Gasteiger partial charge on any atom is 0.315 e. The van der Waals surface area contributed by atoms with Crippen LogP contribution in [-0.2, 0) is 16.4 Å². The van der Waals surface area contributed by atoms with Crippen LogP contribution in [-0.4, -0.2) is 42.1 Å². The van der Waals surface area contributed by atoms with Gasteiger partial charge < -0.3 is 15.2 Å². The SMILES string of the molecule is O=C(NCc1noc(-c2cccs2)n1)NC1CCS(=O)(=O)C1. The Morgan fingerprint density at radius 1 is 1.50 bits per heavy atom. The first-order valence-electron chi connectivity index (χ1n) is 6.63. The second-order valence-electron chi connectivity index (χ2n) is 4.92. The lowest BCUT2D eigenvalue weighted by molar-refractivity contribution is 0.237. The average molecular weight is 342 g/mol. The van der Waals surface area contributed by atoms with E-state index in [1.54, 1.807) is 0 Å². The van der Waals surface area contributed by atoms with Crippen molar-refractivity contribution in [1.29, 1.82) is 0 Å². The van der Waals surface area contributed by atoms with Crippen LogP contribution in [0, 0.1) is 0 Å². The molecule has 10 heteroatoms. The third-order valence-corrected chi connectivity index (χ3v) is 5.80. The molecule has 0 radical (unpaired) electrons. The maximum absolute atomic E-state index is 11.7. The van der Waals surface area contributed by atoms with E-state index < -0.39 is 15.9 Å². The van der Waals surface area contributed by atoms with Crippen LogP contribution >= 0.6 is 11.3 Å². The van der Waals surface area contributed by atoms with Crippen molar-refractivity contribution in [1.82, 2.24) is 20.8 Å². The number of hydrogen-bond acceptors (Lipinski definition) is 7. The van der Waals surface area contributed by atoms with Gasteiger partial charge in [-0.3, -0.25) is 0 Å². The molecule has 2 N–H and O–H groups in total. The Morgan fingerprint density at radius 3 is 3.05 bits per heavy atom. The number of carbonyl (C=O) groups is 1. The van der Waals surface area contributed by atoms with E-state index >= 15 is 0 Å². The standard InChI is InChI=1S/C12H14N4O4S2/c17-12(14-8-3-5-22(18,19)7-8)13-6-10-15-11(20-16-10)9-2-1-4-21-9/h1-2,4,8H,3,5-7H2,(H2,13,14,17). The van der Waals surface area contributed by atoms with Crippen molar-refractivity contribution >= 4 is 27.2 Å². The number of rotatable bonds is 4. The van der Waals surface area contributed by atoms with E-state index in [4.69, 9.17) is 4.52 Å². The molecule has 0 bridgehead atoms. The molecule has 0 aliphatic carbocycles. The second-order valence-corrected chi connectivity index (χ2v) is 8.10. The van der Waals surface area contributed by atoms with Gasteiger partial charge in [0, 0.05) is 6.04 Å². The molecule has 22 heavy (non-hydrogen) atoms. The first-order valence-corrected chi connectivity index (χ1v) is 9.33. The average Bonchev–Trinajstić information content (AvgIpc) is 3.16. The quantitative estimate of drug-likeness (QED) is 0.849. The van der Waals surface area contributed by atoms with E-state index in [1.165, 1.54) is 11.3 Å². The molecule has 1 aliphatic heterocycles. The fourth-order valence-electron chi connectivity index (χ4n) is 2.13. The third-order valence-electron chi connectivity index (χ3n) is 3.17. The molecule has 0 aromatic carbocycles. The van der Waals surface area contributed by atoms with Crippen molar-refractivity contribution in [3.05, 3.63) is 23.3 Å². The van der Waals surface area contributed by atoms with Gasteiger partial charge in [0.15, 0.2) is 15.7 Å². The van der Waals surface area contributed by atoms with Crippen LogP contribution in [0.1, 0.15) is 12.2 Å². The van der Waals surface area contributed by atoms with Crippen LogP contribution in [0.2, 0.25) is 0 Å². The number of sulfone groups is 1. The van der Waals surface area contributed by atoms with Gasteiger partial charge in [0.1, 0.15) is 0 Å². The molecule has 1 aliphatic rings. The van der Waals surface area contributed by atoms with Crippen LogP contribution in [0.5, 0.6) is 0 Å². The van der Waals surface area contributed by atoms with Crippen molar-refractivity contribution in [3.63, 3.8) is 0 Å². The van der Waals surface area contributed by atoms with E-state index in [0.29, 0.717) is 18.1 Å². The lowest BCUT2D eigenvalue weighted by Crippen LogP contribution is -2.42. The summed E-state index contributed by atoms with van der Waals surface area (Å²) in [6, 6.07) is 2.97. The zero-order valence-corrected chi connectivity index (χ0v) is 13.1. The van der Waals surface area contributed by atoms with Gasteiger partial charge in [0.25, 0.3) is 5.89 Å². The molecule has 3 rings (SSSR count). The zero-order valence-electron chi connectivity index (χ0n) is 11.5. The predicted octanol–water partition coefficient (Wildman–Crippen LogP) is 0.784. The Bertz CT molecular complexity index is 754. The number of amides is 2. The molecule has 0 spiro atoms. The van der Waals surface area contributed by atoms with Gasteiger partial charge in [-0.05, 0) is 17.9 Å². The summed E-state index contributed by atoms with van der Waals surface area (Å²) in [6.45, 7) is 0.111. The van der Waals surface area contributed by atoms with Gasteiger partial charge >= 0.3 is 6.03 Å². The van der Waals surface area contributed by atoms with Crippen molar-refractivity contribution in [2.45, 2.75) is 19.0 Å². The van der Waals surface area contributed by atoms with Crippen molar-refractivity contribution < 1.29 is 17.7 Å². The van der Waals surface area contributed by atoms with E-state index in [2.05, 4.69) is 20.8 Å². The number of hydrogen-bond donors (Lipinski definition) is 2. The molecule has 2 aromatic rings. The summed E-state index contributed by atoms with van der Waals surface area (Å²) in [5.41, 5.74) is 0. The highest BCUT2D eigenvalue weighted by atomic mass is 32.2. The molecule has 2 amide bonds. The third kappa shape index (κ3) is 3.63. The Labute approximate surface area is 130 Å². The molecule has 1 saturated heterocycles. The van der Waals surface area contributed by atoms with Gasteiger partial charge in [-0.2, -0.15) is 4.98 Å². The molecule has 1 atom stereocenters. The minimum absolute atomic E-state index is 0.00877. The summed E-state index contributed by atoms with van der Waals surface area (Å²) in [5.74, 6) is 0.879. The lowest BCUT2D eigenvalue weighted by Gasteiger charge is -2.10. The minimum atomic E-state index is -3.01. The number of carbonyl (C=O) groups excluding carboxylic acids is 1. The highest BCUT2D eigenvalue weighted by Gasteiger charge is 2.28. The van der Waals surface area contributed by atoms with Crippen LogP contribution in [0.4, 0.5) is 4.79 Å². The smallest absolute Gasteiger partial charge is 0.315 e. The summed E-state index contributed by atoms with van der Waals surface area (Å²) in [5, 5.41) is 10.9. The summed E-state index contributed by atoms with van der Waals surface area (Å²) < 4.78 is 27.7. The van der Waals surface area contributed by atoms with Crippen LogP contribution < -0.4 is 10.6 Å². The van der Waals surface area contributed by atoms with Crippen LogP contribution in [0.3, 0.4) is 0 Å². The first-order chi connectivity index (χ1) is 10.5. The molecule has 2 aromatic heterocycles. The normalized spacial score (nSPS) is 19.9. The van der Waals surface area contributed by atoms with Crippen LogP contribution in [0.15, 0.2) is 22.0 Å². The number of nitrogens with zero attached hydrogens (tertiary/aromatic N) is 2. The Balaban J connectivity index is 1.49. The molecule has 118 valence electrons. The molecule has 0 saturated carbocycles. The monoisotopic (exact) mass is 342 g/mol. The van der Waals surface area contributed by atoms with E-state index in [9.17, 15) is 13.2 Å². The van der Waals surface area contributed by atoms with Crippen LogP contribution in [0.25, 0.3) is 10.8 Å². The van der Waals surface area contributed by atoms with Crippen molar-refractivity contribution in [2.24, 2.45) is 0 Å². The van der Waals surface area contributed by atoms with Crippen molar-refractivity contribution in [2.75, 3.05) is 11.5 Å². The summed E-state index contributed by atoms with van der Waals surface area (Å²) in [6.07, 6.45) is 0.445. The number of urea groups is 1. The van der Waals surface area contributed by atoms with Gasteiger partial charge in [-0.25, -0.2) is 13.2 Å². The fourth-order valence-corrected chi connectivity index (χ4v) is 4.45. The molecule has 1 fully saturated rings. The summed E-state index contributed by atoms with van der Waals surface area (Å²) >= 11 is 1.48. The largest absolute Gasteiger partial charge is 0.334 e. The predicted molar refractivity (Wildman–Crippen MR) is 80.0 cm³/mol. The summed E-state index contributed by atoms with van der Waals surface area (Å²) in [4.78, 5) is 16.8. The van der Waals surface area contributed by atoms with Gasteiger partial charge in [0.2, 0.25) is 0 Å². The minimum Gasteiger partial charge on any atom is -0.334 e. The van der Waals surface area contributed by atoms with E-state index in [0.717, 1.165) is 4.88 Å². The number of thiophene rings is 1. The number of nitrogens with one attached hydrogen (secondary N) is 2. The van der Waals surface area contributed by atoms with Crippen molar-refractivity contribution in [3.8, 4) is 10.8 Å². The first kappa shape index (κ1) is 15.0.